The zero-order valence-corrected chi connectivity index (χ0v) is 47.3. The zero-order chi connectivity index (χ0) is 61.6. The second-order valence-electron chi connectivity index (χ2n) is 16.0. The molecule has 0 unspecified atom stereocenters. The largest absolute Gasteiger partial charge is 0.505 e. The van der Waals surface area contributed by atoms with Gasteiger partial charge in [-0.25, -0.2) is 4.98 Å². The summed E-state index contributed by atoms with van der Waals surface area (Å²) < 4.78 is 227. The standard InChI is InChI=1S/C42H33N9O18S6.2O3S/c1-22-17-32(33(69-15-6-16-71(54,55)56)21-31(22)46-49-42-43-37-34(70-42)9-5-10-35(37)74(63,64)65)47-44-29-13-12-28-27(39(29)52)11-14-30(40(28)75(66,67)68)45-48-38-36(23-7-3-2-4-8-23)50-51(41(38)53)24-18-25(72(57,58)59)20-26(19-24)73(60,61)62;2*1-4(2)3/h2-5,7-14,17-21,52-53H,6,15-16H2,1H3,(H,54,55,56)(H,57,58,59)(H,60,61,62)(H,63,64,65)(H,66,67,68);;. The van der Waals surface area contributed by atoms with E-state index in [2.05, 4.69) is 40.8 Å². The van der Waals surface area contributed by atoms with Crippen LogP contribution in [-0.4, -0.2) is 127 Å². The van der Waals surface area contributed by atoms with Gasteiger partial charge in [0.15, 0.2) is 11.4 Å². The number of rotatable bonds is 17. The highest BCUT2D eigenvalue weighted by Gasteiger charge is 2.27. The number of phenols is 1. The van der Waals surface area contributed by atoms with Crippen LogP contribution in [0.25, 0.3) is 37.9 Å². The highest BCUT2D eigenvalue weighted by atomic mass is 32.2. The summed E-state index contributed by atoms with van der Waals surface area (Å²) in [5.74, 6) is -2.33. The summed E-state index contributed by atoms with van der Waals surface area (Å²) in [5.41, 5.74) is -1.35. The third-order valence-corrected chi connectivity index (χ3v) is 15.6. The SMILES string of the molecule is Cc1cc(N=Nc2ccc3c(S(=O)(=O)O)c(N=Nc4c(-c5ccccc5)nn(-c5cc(S(=O)(=O)O)cc(S(=O)(=O)O)c5)c4O)ccc3c2O)c(OCCCS(=O)(=O)O)cc1N=Nc1nc2c(S(=O)(=O)O)cccc2s1.O=S(=O)=O.O=S(=O)=O. The van der Waals surface area contributed by atoms with Gasteiger partial charge in [-0.1, -0.05) is 53.8 Å². The van der Waals surface area contributed by atoms with Gasteiger partial charge in [-0.2, -0.15) is 51.9 Å². The second kappa shape index (κ2) is 25.4. The van der Waals surface area contributed by atoms with E-state index < -0.39 is 126 Å². The molecule has 2 aromatic heterocycles. The fourth-order valence-electron chi connectivity index (χ4n) is 7.07. The average molecular weight is 1300 g/mol. The lowest BCUT2D eigenvalue weighted by atomic mass is 10.1. The number of hydrogen-bond acceptors (Lipinski definition) is 28. The maximum Gasteiger partial charge on any atom is 0.425 e. The van der Waals surface area contributed by atoms with Crippen LogP contribution in [-0.2, 0) is 71.8 Å². The summed E-state index contributed by atoms with van der Waals surface area (Å²) in [6, 6.07) is 20.9. The van der Waals surface area contributed by atoms with Gasteiger partial charge in [-0.05, 0) is 73.5 Å². The van der Waals surface area contributed by atoms with Crippen molar-refractivity contribution < 1.29 is 105 Å². The Morgan fingerprint density at radius 3 is 1.73 bits per heavy atom. The van der Waals surface area contributed by atoms with E-state index in [1.54, 1.807) is 31.2 Å². The number of aromatic hydroxyl groups is 2. The Bertz CT molecular complexity index is 4740. The summed E-state index contributed by atoms with van der Waals surface area (Å²) in [4.78, 5) is 0.792. The molecular weight excluding hydrogens is 1270 g/mol. The highest BCUT2D eigenvalue weighted by molar-refractivity contribution is 7.87. The van der Waals surface area contributed by atoms with Gasteiger partial charge in [0.1, 0.15) is 43.8 Å². The summed E-state index contributed by atoms with van der Waals surface area (Å²) in [7, 11) is -30.7. The van der Waals surface area contributed by atoms with Crippen molar-refractivity contribution in [1.29, 1.82) is 0 Å². The van der Waals surface area contributed by atoms with Crippen molar-refractivity contribution in [3.05, 3.63) is 109 Å². The molecule has 438 valence electrons. The molecule has 0 bridgehead atoms. The number of aryl methyl sites for hydroxylation is 1. The second-order valence-corrected chi connectivity index (χ2v) is 25.0. The predicted octanol–water partition coefficient (Wildman–Crippen LogP) is 6.90. The first kappa shape index (κ1) is 63.8. The van der Waals surface area contributed by atoms with Crippen LogP contribution in [0.2, 0.25) is 0 Å². The normalized spacial score (nSPS) is 12.4. The number of ether oxygens (including phenoxy) is 1. The van der Waals surface area contributed by atoms with Crippen molar-refractivity contribution in [2.24, 2.45) is 30.7 Å². The Kier molecular flexibility index (Phi) is 19.6. The van der Waals surface area contributed by atoms with Gasteiger partial charge in [-0.15, -0.1) is 55.9 Å². The van der Waals surface area contributed by atoms with Gasteiger partial charge in [0, 0.05) is 22.4 Å². The van der Waals surface area contributed by atoms with Crippen LogP contribution in [0.5, 0.6) is 17.4 Å². The molecule has 41 heteroatoms. The number of hydrogen-bond donors (Lipinski definition) is 7. The Labute approximate surface area is 473 Å². The first-order chi connectivity index (χ1) is 38.5. The molecule has 0 spiro atoms. The van der Waals surface area contributed by atoms with Gasteiger partial charge in [-0.3, -0.25) is 22.8 Å². The third-order valence-electron chi connectivity index (χ3n) is 10.4. The molecule has 2 heterocycles. The van der Waals surface area contributed by atoms with Crippen LogP contribution in [0, 0.1) is 6.92 Å². The molecule has 0 aliphatic heterocycles. The van der Waals surface area contributed by atoms with Crippen LogP contribution in [0.15, 0.2) is 153 Å². The molecule has 8 rings (SSSR count). The van der Waals surface area contributed by atoms with Crippen LogP contribution >= 0.6 is 11.3 Å². The molecule has 6 aromatic carbocycles. The molecule has 7 N–H and O–H groups in total. The van der Waals surface area contributed by atoms with Gasteiger partial charge in [0.25, 0.3) is 50.6 Å². The lowest BCUT2D eigenvalue weighted by molar-refractivity contribution is 0.317. The smallest absolute Gasteiger partial charge is 0.425 e. The molecule has 0 atom stereocenters. The molecule has 0 fully saturated rings. The summed E-state index contributed by atoms with van der Waals surface area (Å²) >= 11 is 0.967. The molecule has 83 heavy (non-hydrogen) atoms. The lowest BCUT2D eigenvalue weighted by Crippen LogP contribution is -2.08. The van der Waals surface area contributed by atoms with Crippen LogP contribution in [0.4, 0.5) is 33.6 Å². The van der Waals surface area contributed by atoms with E-state index in [-0.39, 0.29) is 68.5 Å². The highest BCUT2D eigenvalue weighted by Crippen LogP contribution is 2.45. The zero-order valence-electron chi connectivity index (χ0n) is 40.8. The van der Waals surface area contributed by atoms with Crippen molar-refractivity contribution in [2.45, 2.75) is 32.9 Å². The van der Waals surface area contributed by atoms with Crippen molar-refractivity contribution in [3.63, 3.8) is 0 Å². The molecule has 8 aromatic rings. The topological polar surface area (TPSA) is 529 Å². The van der Waals surface area contributed by atoms with Gasteiger partial charge >= 0.3 is 21.2 Å². The Hall–Kier alpha value is -8.33. The molecule has 0 aliphatic carbocycles. The van der Waals surface area contributed by atoms with Gasteiger partial charge < -0.3 is 14.9 Å². The number of benzene rings is 6. The fourth-order valence-corrected chi connectivity index (χ4v) is 11.1. The third kappa shape index (κ3) is 16.7. The molecule has 0 saturated heterocycles. The minimum atomic E-state index is -5.26. The van der Waals surface area contributed by atoms with E-state index in [4.69, 9.17) is 30.0 Å². The number of thiazole rings is 1. The Balaban J connectivity index is 0.00000130. The van der Waals surface area contributed by atoms with E-state index in [0.29, 0.717) is 33.1 Å². The van der Waals surface area contributed by atoms with Crippen molar-refractivity contribution in [2.75, 3.05) is 12.4 Å². The Morgan fingerprint density at radius 2 is 1.16 bits per heavy atom. The maximum absolute atomic E-state index is 13.0. The number of para-hydroxylation sites is 1. The Morgan fingerprint density at radius 1 is 0.590 bits per heavy atom. The first-order valence-corrected chi connectivity index (χ1v) is 31.8. The minimum Gasteiger partial charge on any atom is -0.505 e. The molecular formula is C42H33N9O24S8. The first-order valence-electron chi connectivity index (χ1n) is 21.7. The minimum absolute atomic E-state index is 0.00803. The average Bonchev–Trinajstić information content (AvgIpc) is 3.10. The number of nitrogens with zero attached hydrogens (tertiary/aromatic N) is 9. The molecule has 0 radical (unpaired) electrons. The number of fused-ring (bicyclic) bond motifs is 2. The lowest BCUT2D eigenvalue weighted by Gasteiger charge is -2.11. The van der Waals surface area contributed by atoms with E-state index in [1.807, 2.05) is 0 Å². The van der Waals surface area contributed by atoms with Crippen LogP contribution in [0.1, 0.15) is 12.0 Å². The summed E-state index contributed by atoms with van der Waals surface area (Å²) in [6.07, 6.45) is -0.182. The van der Waals surface area contributed by atoms with Crippen molar-refractivity contribution >= 4 is 138 Å². The van der Waals surface area contributed by atoms with E-state index in [1.165, 1.54) is 42.5 Å². The van der Waals surface area contributed by atoms with Gasteiger partial charge in [0.2, 0.25) is 11.0 Å². The van der Waals surface area contributed by atoms with Gasteiger partial charge in [0.05, 0.1) is 38.2 Å². The monoisotopic (exact) mass is 1300 g/mol. The van der Waals surface area contributed by atoms with Crippen LogP contribution in [0.3, 0.4) is 0 Å². The fraction of sp³-hybridized carbons (Fsp3) is 0.0952. The van der Waals surface area contributed by atoms with Crippen molar-refractivity contribution in [1.82, 2.24) is 14.8 Å². The van der Waals surface area contributed by atoms with E-state index in [0.717, 1.165) is 29.5 Å². The summed E-state index contributed by atoms with van der Waals surface area (Å²) in [6.45, 7) is 1.31. The molecule has 0 aliphatic rings. The number of phenolic OH excluding ortho intramolecular Hbond substituents is 1. The number of aromatic nitrogens is 3. The van der Waals surface area contributed by atoms with Crippen molar-refractivity contribution in [3.8, 4) is 34.3 Å². The maximum atomic E-state index is 13.0. The van der Waals surface area contributed by atoms with E-state index in [9.17, 15) is 75.1 Å². The summed E-state index contributed by atoms with van der Waals surface area (Å²) in [5, 5.41) is 51.2. The quantitative estimate of drug-likeness (QED) is 0.0277. The van der Waals surface area contributed by atoms with E-state index >= 15 is 0 Å². The molecule has 33 nitrogen and oxygen atoms in total. The predicted molar refractivity (Wildman–Crippen MR) is 285 cm³/mol. The number of azo groups is 3. The molecule has 0 saturated carbocycles. The molecule has 0 amide bonds. The van der Waals surface area contributed by atoms with Crippen LogP contribution < -0.4 is 4.74 Å².